The van der Waals surface area contributed by atoms with Gasteiger partial charge in [0.15, 0.2) is 5.82 Å². The largest absolute Gasteiger partial charge is 0.477 e. The van der Waals surface area contributed by atoms with E-state index in [0.29, 0.717) is 30.3 Å². The van der Waals surface area contributed by atoms with Gasteiger partial charge in [-0.05, 0) is 42.8 Å². The SMILES string of the molecule is Cc1ccccc1N1CCN(c2nc(-c3ccc(F)cc3)ncc2C(=O)O)CC1. The van der Waals surface area contributed by atoms with E-state index in [-0.39, 0.29) is 11.4 Å². The number of aryl methyl sites for hydroxylation is 1. The number of rotatable bonds is 4. The summed E-state index contributed by atoms with van der Waals surface area (Å²) in [5.41, 5.74) is 3.12. The molecule has 1 fully saturated rings. The summed E-state index contributed by atoms with van der Waals surface area (Å²) in [6, 6.07) is 14.1. The quantitative estimate of drug-likeness (QED) is 0.731. The lowest BCUT2D eigenvalue weighted by Gasteiger charge is -2.37. The van der Waals surface area contributed by atoms with Gasteiger partial charge in [-0.3, -0.25) is 0 Å². The molecule has 0 spiro atoms. The third-order valence-corrected chi connectivity index (χ3v) is 5.14. The number of aromatic nitrogens is 2. The summed E-state index contributed by atoms with van der Waals surface area (Å²) in [5.74, 6) is -0.627. The summed E-state index contributed by atoms with van der Waals surface area (Å²) in [6.07, 6.45) is 1.33. The van der Waals surface area contributed by atoms with E-state index in [0.717, 1.165) is 13.1 Å². The van der Waals surface area contributed by atoms with Crippen molar-refractivity contribution < 1.29 is 14.3 Å². The first-order valence-electron chi connectivity index (χ1n) is 9.45. The van der Waals surface area contributed by atoms with Crippen molar-refractivity contribution in [3.63, 3.8) is 0 Å². The number of hydrogen-bond acceptors (Lipinski definition) is 5. The van der Waals surface area contributed by atoms with Crippen LogP contribution in [0.4, 0.5) is 15.9 Å². The van der Waals surface area contributed by atoms with Gasteiger partial charge >= 0.3 is 5.97 Å². The summed E-state index contributed by atoms with van der Waals surface area (Å²) in [6.45, 7) is 4.91. The Hall–Kier alpha value is -3.48. The Morgan fingerprint density at radius 2 is 1.66 bits per heavy atom. The number of para-hydroxylation sites is 1. The Labute approximate surface area is 168 Å². The highest BCUT2D eigenvalue weighted by molar-refractivity contribution is 5.93. The molecule has 1 aliphatic rings. The maximum absolute atomic E-state index is 13.2. The van der Waals surface area contributed by atoms with Crippen LogP contribution in [0.3, 0.4) is 0 Å². The van der Waals surface area contributed by atoms with Crippen LogP contribution in [0.15, 0.2) is 54.7 Å². The molecule has 1 saturated heterocycles. The Bertz CT molecular complexity index is 1030. The Kier molecular flexibility index (Phi) is 5.12. The summed E-state index contributed by atoms with van der Waals surface area (Å²) in [4.78, 5) is 24.7. The number of carboxylic acids is 1. The molecule has 1 N–H and O–H groups in total. The molecular formula is C22H21FN4O2. The molecule has 3 aromatic rings. The monoisotopic (exact) mass is 392 g/mol. The van der Waals surface area contributed by atoms with E-state index in [1.54, 1.807) is 12.1 Å². The van der Waals surface area contributed by atoms with Crippen LogP contribution in [-0.2, 0) is 0 Å². The van der Waals surface area contributed by atoms with E-state index < -0.39 is 5.97 Å². The van der Waals surface area contributed by atoms with E-state index in [9.17, 15) is 14.3 Å². The topological polar surface area (TPSA) is 69.6 Å². The number of benzene rings is 2. The third kappa shape index (κ3) is 3.89. The standard InChI is InChI=1S/C22H21FN4O2/c1-15-4-2-3-5-19(15)26-10-12-27(13-11-26)21-18(22(28)29)14-24-20(25-21)16-6-8-17(23)9-7-16/h2-9,14H,10-13H2,1H3,(H,28,29). The van der Waals surface area contributed by atoms with Gasteiger partial charge in [-0.1, -0.05) is 18.2 Å². The molecular weight excluding hydrogens is 371 g/mol. The van der Waals surface area contributed by atoms with Gasteiger partial charge in [-0.2, -0.15) is 0 Å². The van der Waals surface area contributed by atoms with Crippen molar-refractivity contribution in [2.24, 2.45) is 0 Å². The second-order valence-electron chi connectivity index (χ2n) is 7.00. The Morgan fingerprint density at radius 1 is 1.00 bits per heavy atom. The summed E-state index contributed by atoms with van der Waals surface area (Å²) in [7, 11) is 0. The minimum atomic E-state index is -1.06. The van der Waals surface area contributed by atoms with Crippen LogP contribution in [0.25, 0.3) is 11.4 Å². The highest BCUT2D eigenvalue weighted by Crippen LogP contribution is 2.26. The van der Waals surface area contributed by atoms with Gasteiger partial charge in [-0.15, -0.1) is 0 Å². The number of carbonyl (C=O) groups is 1. The smallest absolute Gasteiger partial charge is 0.341 e. The van der Waals surface area contributed by atoms with Crippen LogP contribution in [-0.4, -0.2) is 47.2 Å². The summed E-state index contributed by atoms with van der Waals surface area (Å²) >= 11 is 0. The van der Waals surface area contributed by atoms with Crippen LogP contribution in [0.1, 0.15) is 15.9 Å². The van der Waals surface area contributed by atoms with Crippen molar-refractivity contribution in [2.45, 2.75) is 6.92 Å². The molecule has 6 nitrogen and oxygen atoms in total. The average molecular weight is 392 g/mol. The average Bonchev–Trinajstić information content (AvgIpc) is 2.74. The first kappa shape index (κ1) is 18.9. The zero-order valence-corrected chi connectivity index (χ0v) is 16.0. The maximum atomic E-state index is 13.2. The third-order valence-electron chi connectivity index (χ3n) is 5.14. The number of nitrogens with zero attached hydrogens (tertiary/aromatic N) is 4. The lowest BCUT2D eigenvalue weighted by molar-refractivity contribution is 0.0696. The normalized spacial score (nSPS) is 14.1. The number of aromatic carboxylic acids is 1. The molecule has 0 unspecified atom stereocenters. The Morgan fingerprint density at radius 3 is 2.31 bits per heavy atom. The van der Waals surface area contributed by atoms with E-state index in [4.69, 9.17) is 0 Å². The van der Waals surface area contributed by atoms with Crippen LogP contribution >= 0.6 is 0 Å². The highest BCUT2D eigenvalue weighted by Gasteiger charge is 2.24. The molecule has 0 atom stereocenters. The molecule has 0 aliphatic carbocycles. The van der Waals surface area contributed by atoms with Gasteiger partial charge in [0.2, 0.25) is 0 Å². The van der Waals surface area contributed by atoms with Crippen molar-refractivity contribution >= 4 is 17.5 Å². The van der Waals surface area contributed by atoms with Gasteiger partial charge in [-0.25, -0.2) is 19.2 Å². The van der Waals surface area contributed by atoms with Crippen molar-refractivity contribution in [2.75, 3.05) is 36.0 Å². The molecule has 29 heavy (non-hydrogen) atoms. The lowest BCUT2D eigenvalue weighted by Crippen LogP contribution is -2.47. The number of hydrogen-bond donors (Lipinski definition) is 1. The maximum Gasteiger partial charge on any atom is 0.341 e. The fourth-order valence-electron chi connectivity index (χ4n) is 3.58. The molecule has 148 valence electrons. The van der Waals surface area contributed by atoms with Gasteiger partial charge in [0.05, 0.1) is 0 Å². The number of halogens is 1. The number of carboxylic acid groups (broad SMARTS) is 1. The predicted octanol–water partition coefficient (Wildman–Crippen LogP) is 3.62. The number of piperazine rings is 1. The highest BCUT2D eigenvalue weighted by atomic mass is 19.1. The van der Waals surface area contributed by atoms with Crippen molar-refractivity contribution in [3.05, 3.63) is 71.7 Å². The van der Waals surface area contributed by atoms with Crippen LogP contribution in [0.5, 0.6) is 0 Å². The van der Waals surface area contributed by atoms with Crippen molar-refractivity contribution in [1.29, 1.82) is 0 Å². The van der Waals surface area contributed by atoms with Crippen LogP contribution < -0.4 is 9.80 Å². The van der Waals surface area contributed by atoms with E-state index in [2.05, 4.69) is 33.9 Å². The molecule has 4 rings (SSSR count). The van der Waals surface area contributed by atoms with Crippen LogP contribution in [0, 0.1) is 12.7 Å². The second kappa shape index (κ2) is 7.87. The second-order valence-corrected chi connectivity index (χ2v) is 7.00. The lowest BCUT2D eigenvalue weighted by atomic mass is 10.1. The Balaban J connectivity index is 1.60. The summed E-state index contributed by atoms with van der Waals surface area (Å²) in [5, 5.41) is 9.59. The molecule has 0 amide bonds. The minimum absolute atomic E-state index is 0.0696. The van der Waals surface area contributed by atoms with E-state index in [1.165, 1.54) is 29.6 Å². The van der Waals surface area contributed by atoms with Crippen molar-refractivity contribution in [1.82, 2.24) is 9.97 Å². The minimum Gasteiger partial charge on any atom is -0.477 e. The zero-order chi connectivity index (χ0) is 20.4. The first-order valence-corrected chi connectivity index (χ1v) is 9.45. The van der Waals surface area contributed by atoms with E-state index >= 15 is 0 Å². The molecule has 0 bridgehead atoms. The fraction of sp³-hybridized carbons (Fsp3) is 0.227. The molecule has 1 aliphatic heterocycles. The molecule has 2 aromatic carbocycles. The molecule has 0 saturated carbocycles. The fourth-order valence-corrected chi connectivity index (χ4v) is 3.58. The molecule has 2 heterocycles. The van der Waals surface area contributed by atoms with Gasteiger partial charge < -0.3 is 14.9 Å². The van der Waals surface area contributed by atoms with Gasteiger partial charge in [0.1, 0.15) is 17.2 Å². The van der Waals surface area contributed by atoms with Gasteiger partial charge in [0.25, 0.3) is 0 Å². The first-order chi connectivity index (χ1) is 14.0. The zero-order valence-electron chi connectivity index (χ0n) is 16.0. The number of anilines is 2. The van der Waals surface area contributed by atoms with E-state index in [1.807, 2.05) is 17.0 Å². The summed E-state index contributed by atoms with van der Waals surface area (Å²) < 4.78 is 13.2. The molecule has 0 radical (unpaired) electrons. The molecule has 7 heteroatoms. The van der Waals surface area contributed by atoms with Crippen molar-refractivity contribution in [3.8, 4) is 11.4 Å². The van der Waals surface area contributed by atoms with Gasteiger partial charge in [0, 0.05) is 43.6 Å². The predicted molar refractivity (Wildman–Crippen MR) is 110 cm³/mol. The van der Waals surface area contributed by atoms with Crippen LogP contribution in [0.2, 0.25) is 0 Å². The molecule has 1 aromatic heterocycles.